The van der Waals surface area contributed by atoms with Crippen molar-refractivity contribution in [3.63, 3.8) is 0 Å². The summed E-state index contributed by atoms with van der Waals surface area (Å²) in [4.78, 5) is 34.9. The number of esters is 2. The minimum absolute atomic E-state index is 0.00262. The molecule has 0 saturated heterocycles. The summed E-state index contributed by atoms with van der Waals surface area (Å²) in [5.41, 5.74) is 3.32. The lowest BCUT2D eigenvalue weighted by atomic mass is 9.86. The van der Waals surface area contributed by atoms with Crippen LogP contribution in [0, 0.1) is 28.6 Å². The van der Waals surface area contributed by atoms with Crippen LogP contribution in [0.4, 0.5) is 0 Å². The summed E-state index contributed by atoms with van der Waals surface area (Å²) in [6, 6.07) is 12.9. The van der Waals surface area contributed by atoms with E-state index in [-0.39, 0.29) is 50.1 Å². The van der Waals surface area contributed by atoms with E-state index in [4.69, 9.17) is 14.2 Å². The Morgan fingerprint density at radius 2 is 1.95 bits per heavy atom. The van der Waals surface area contributed by atoms with E-state index in [2.05, 4.69) is 41.3 Å². The lowest BCUT2D eigenvalue weighted by Crippen LogP contribution is -2.17. The van der Waals surface area contributed by atoms with E-state index in [1.165, 1.54) is 5.56 Å². The number of carbonyl (C=O) groups excluding carboxylic acids is 2. The van der Waals surface area contributed by atoms with Crippen LogP contribution in [0.5, 0.6) is 5.75 Å². The van der Waals surface area contributed by atoms with Crippen molar-refractivity contribution in [3.8, 4) is 17.6 Å². The predicted molar refractivity (Wildman–Crippen MR) is 163 cm³/mol. The van der Waals surface area contributed by atoms with Crippen molar-refractivity contribution in [2.24, 2.45) is 17.0 Å². The molecule has 0 bridgehead atoms. The van der Waals surface area contributed by atoms with Crippen molar-refractivity contribution in [2.45, 2.75) is 83.5 Å². The van der Waals surface area contributed by atoms with Gasteiger partial charge in [0, 0.05) is 30.7 Å². The van der Waals surface area contributed by atoms with Gasteiger partial charge in [-0.2, -0.15) is 4.91 Å². The topological polar surface area (TPSA) is 111 Å². The van der Waals surface area contributed by atoms with Gasteiger partial charge in [0.2, 0.25) is 0 Å². The Morgan fingerprint density at radius 3 is 2.77 bits per heavy atom. The largest absolute Gasteiger partial charge is 0.489 e. The first-order chi connectivity index (χ1) is 20.9. The van der Waals surface area contributed by atoms with Crippen molar-refractivity contribution in [1.29, 1.82) is 0 Å². The highest BCUT2D eigenvalue weighted by molar-refractivity contribution is 5.89. The van der Waals surface area contributed by atoms with Crippen molar-refractivity contribution in [2.75, 3.05) is 13.2 Å². The monoisotopic (exact) mass is 587 g/mol. The molecule has 8 nitrogen and oxygen atoms in total. The highest BCUT2D eigenvalue weighted by Crippen LogP contribution is 2.52. The number of aryl methyl sites for hydroxylation is 1. The molecule has 43 heavy (non-hydrogen) atoms. The van der Waals surface area contributed by atoms with Crippen molar-refractivity contribution < 1.29 is 28.9 Å². The molecule has 0 amide bonds. The number of carbonyl (C=O) groups is 2. The van der Waals surface area contributed by atoms with Crippen LogP contribution in [0.2, 0.25) is 0 Å². The van der Waals surface area contributed by atoms with E-state index in [9.17, 15) is 19.6 Å². The normalized spacial score (nSPS) is 19.8. The number of rotatable bonds is 15. The highest BCUT2D eigenvalue weighted by atomic mass is 16.5. The molecule has 1 fully saturated rings. The standard InChI is InChI=1S/C35H41NO7/c1-3-4-9-24(2)30(37)18-16-26-17-19-31-33(26)29-14-6-11-27(34(29)43-31)12-7-15-32(38)41-20-8-21-42-35(39)28-13-5-10-25(22-28)23-36-40/h5-6,10-11,13-14,16,18,22,24,26,30-31,33,37H,7-9,12,15,17,19-21,23H2,1-2H3/b18-16+/t24?,26-,30+,31?,33?/m1/s1. The number of benzene rings is 2. The highest BCUT2D eigenvalue weighted by Gasteiger charge is 2.44. The molecule has 3 unspecified atom stereocenters. The summed E-state index contributed by atoms with van der Waals surface area (Å²) < 4.78 is 17.0. The Hall–Kier alpha value is -3.96. The number of fused-ring (bicyclic) bond motifs is 3. The molecule has 4 rings (SSSR count). The first-order valence-electron chi connectivity index (χ1n) is 15.2. The number of hydrogen-bond acceptors (Lipinski definition) is 8. The van der Waals surface area contributed by atoms with Crippen LogP contribution in [0.15, 0.2) is 59.8 Å². The van der Waals surface area contributed by atoms with Crippen molar-refractivity contribution >= 4 is 11.9 Å². The van der Waals surface area contributed by atoms with Crippen LogP contribution in [0.25, 0.3) is 0 Å². The number of allylic oxidation sites excluding steroid dienone is 1. The fraction of sp³-hybridized carbons (Fsp3) is 0.486. The molecule has 1 saturated carbocycles. The van der Waals surface area contributed by atoms with Gasteiger partial charge in [0.15, 0.2) is 0 Å². The second kappa shape index (κ2) is 16.0. The number of nitroso groups, excluding NO2 is 1. The lowest BCUT2D eigenvalue weighted by Gasteiger charge is -2.17. The Bertz CT molecular complexity index is 1360. The third kappa shape index (κ3) is 8.77. The van der Waals surface area contributed by atoms with Crippen LogP contribution in [0.1, 0.15) is 85.3 Å². The summed E-state index contributed by atoms with van der Waals surface area (Å²) in [5.74, 6) is 6.80. The van der Waals surface area contributed by atoms with Crippen LogP contribution in [-0.4, -0.2) is 42.5 Å². The molecule has 1 heterocycles. The van der Waals surface area contributed by atoms with E-state index in [0.717, 1.165) is 24.2 Å². The molecule has 1 N–H and O–H groups in total. The molecule has 228 valence electrons. The molecule has 0 radical (unpaired) electrons. The second-order valence-corrected chi connectivity index (χ2v) is 11.3. The zero-order valence-corrected chi connectivity index (χ0v) is 25.0. The van der Waals surface area contributed by atoms with E-state index in [1.54, 1.807) is 24.3 Å². The van der Waals surface area contributed by atoms with E-state index in [1.807, 2.05) is 19.9 Å². The molecule has 8 heteroatoms. The summed E-state index contributed by atoms with van der Waals surface area (Å²) >= 11 is 0. The van der Waals surface area contributed by atoms with E-state index >= 15 is 0 Å². The van der Waals surface area contributed by atoms with Gasteiger partial charge in [0.1, 0.15) is 18.4 Å². The first kappa shape index (κ1) is 32.0. The van der Waals surface area contributed by atoms with Crippen LogP contribution < -0.4 is 4.74 Å². The third-order valence-corrected chi connectivity index (χ3v) is 8.16. The summed E-state index contributed by atoms with van der Waals surface area (Å²) in [7, 11) is 0. The first-order valence-corrected chi connectivity index (χ1v) is 15.2. The number of para-hydroxylation sites is 1. The molecular formula is C35H41NO7. The summed E-state index contributed by atoms with van der Waals surface area (Å²) in [6.07, 6.45) is 8.45. The van der Waals surface area contributed by atoms with Gasteiger partial charge in [-0.05, 0) is 67.7 Å². The lowest BCUT2D eigenvalue weighted by molar-refractivity contribution is -0.144. The average Bonchev–Trinajstić information content (AvgIpc) is 3.59. The van der Waals surface area contributed by atoms with Gasteiger partial charge in [-0.1, -0.05) is 54.6 Å². The maximum Gasteiger partial charge on any atom is 0.338 e. The van der Waals surface area contributed by atoms with Gasteiger partial charge in [0.25, 0.3) is 0 Å². The van der Waals surface area contributed by atoms with E-state index in [0.29, 0.717) is 42.7 Å². The molecule has 0 aromatic heterocycles. The number of aliphatic hydroxyl groups excluding tert-OH is 1. The van der Waals surface area contributed by atoms with Crippen molar-refractivity contribution in [3.05, 3.63) is 81.8 Å². The Morgan fingerprint density at radius 1 is 1.14 bits per heavy atom. The molecule has 0 spiro atoms. The maximum absolute atomic E-state index is 12.3. The van der Waals surface area contributed by atoms with Gasteiger partial charge in [-0.15, -0.1) is 11.8 Å². The Kier molecular flexibility index (Phi) is 11.9. The van der Waals surface area contributed by atoms with E-state index < -0.39 is 12.1 Å². The van der Waals surface area contributed by atoms with Crippen LogP contribution in [-0.2, 0) is 27.2 Å². The average molecular weight is 588 g/mol. The van der Waals surface area contributed by atoms with Gasteiger partial charge in [-0.3, -0.25) is 4.79 Å². The molecular weight excluding hydrogens is 546 g/mol. The SMILES string of the molecule is CC#CCC(C)[C@@H](O)/C=C/[C@@H]1CCC2Oc3c(CCCC(=O)OCCCOC(=O)c4cccc(CN=O)c4)cccc3C21. The fourth-order valence-corrected chi connectivity index (χ4v) is 5.82. The smallest absolute Gasteiger partial charge is 0.338 e. The Balaban J connectivity index is 1.18. The number of ether oxygens (including phenoxy) is 3. The van der Waals surface area contributed by atoms with Crippen molar-refractivity contribution in [1.82, 2.24) is 0 Å². The van der Waals surface area contributed by atoms with Gasteiger partial charge in [-0.25, -0.2) is 4.79 Å². The maximum atomic E-state index is 12.3. The fourth-order valence-electron chi connectivity index (χ4n) is 5.82. The van der Waals surface area contributed by atoms with Crippen LogP contribution in [0.3, 0.4) is 0 Å². The van der Waals surface area contributed by atoms with Gasteiger partial charge in [0.05, 0.1) is 24.9 Å². The minimum atomic E-state index is -0.515. The molecule has 1 aliphatic carbocycles. The van der Waals surface area contributed by atoms with Gasteiger partial charge < -0.3 is 19.3 Å². The molecule has 1 aliphatic heterocycles. The molecule has 2 aliphatic rings. The van der Waals surface area contributed by atoms with Crippen LogP contribution >= 0.6 is 0 Å². The summed E-state index contributed by atoms with van der Waals surface area (Å²) in [6.45, 7) is 4.12. The molecule has 2 aromatic carbocycles. The predicted octanol–water partition coefficient (Wildman–Crippen LogP) is 6.29. The third-order valence-electron chi connectivity index (χ3n) is 8.16. The number of hydrogen-bond donors (Lipinski definition) is 1. The number of nitrogens with zero attached hydrogens (tertiary/aromatic N) is 1. The zero-order chi connectivity index (χ0) is 30.6. The second-order valence-electron chi connectivity index (χ2n) is 11.3. The summed E-state index contributed by atoms with van der Waals surface area (Å²) in [5, 5.41) is 13.4. The number of aliphatic hydroxyl groups is 1. The van der Waals surface area contributed by atoms with Gasteiger partial charge >= 0.3 is 11.9 Å². The molecule has 2 aromatic rings. The Labute approximate surface area is 253 Å². The quantitative estimate of drug-likeness (QED) is 0.0857. The minimum Gasteiger partial charge on any atom is -0.489 e. The molecule has 5 atom stereocenters. The zero-order valence-electron chi connectivity index (χ0n) is 25.0.